The summed E-state index contributed by atoms with van der Waals surface area (Å²) < 4.78 is 0. The second kappa shape index (κ2) is 5.55. The normalized spacial score (nSPS) is 21.8. The Kier molecular flexibility index (Phi) is 4.04. The van der Waals surface area contributed by atoms with E-state index in [0.29, 0.717) is 6.04 Å². The van der Waals surface area contributed by atoms with Crippen LogP contribution in [0.4, 0.5) is 11.6 Å². The Morgan fingerprint density at radius 2 is 1.89 bits per heavy atom. The molecule has 1 aliphatic rings. The number of nitrogens with zero attached hydrogens (tertiary/aromatic N) is 2. The molecule has 0 amide bonds. The zero-order chi connectivity index (χ0) is 13.1. The van der Waals surface area contributed by atoms with Crippen LogP contribution in [0.1, 0.15) is 44.5 Å². The molecule has 100 valence electrons. The second-order valence-electron chi connectivity index (χ2n) is 5.17. The highest BCUT2D eigenvalue weighted by molar-refractivity contribution is 5.58. The third-order valence-corrected chi connectivity index (χ3v) is 3.57. The lowest BCUT2D eigenvalue weighted by Crippen LogP contribution is -2.12. The molecule has 1 fully saturated rings. The number of hydrogen-bond donors (Lipinski definition) is 2. The van der Waals surface area contributed by atoms with E-state index in [9.17, 15) is 0 Å². The molecule has 1 aromatic heterocycles. The largest absolute Gasteiger partial charge is 0.370 e. The van der Waals surface area contributed by atoms with E-state index in [-0.39, 0.29) is 0 Å². The first-order valence-corrected chi connectivity index (χ1v) is 7.01. The monoisotopic (exact) mass is 248 g/mol. The Labute approximate surface area is 110 Å². The van der Waals surface area contributed by atoms with E-state index in [1.807, 2.05) is 6.92 Å². The van der Waals surface area contributed by atoms with Gasteiger partial charge in [-0.2, -0.15) is 0 Å². The molecule has 0 bridgehead atoms. The minimum Gasteiger partial charge on any atom is -0.370 e. The highest BCUT2D eigenvalue weighted by atomic mass is 15.1. The number of rotatable bonds is 6. The number of aryl methyl sites for hydroxylation is 1. The van der Waals surface area contributed by atoms with Crippen molar-refractivity contribution in [2.75, 3.05) is 17.2 Å². The lowest BCUT2D eigenvalue weighted by atomic mass is 10.2. The first kappa shape index (κ1) is 13.1. The number of anilines is 2. The molecule has 0 saturated heterocycles. The predicted molar refractivity (Wildman–Crippen MR) is 76.1 cm³/mol. The number of hydrogen-bond acceptors (Lipinski definition) is 4. The molecule has 0 radical (unpaired) electrons. The van der Waals surface area contributed by atoms with Gasteiger partial charge < -0.3 is 10.6 Å². The molecule has 1 aromatic rings. The summed E-state index contributed by atoms with van der Waals surface area (Å²) in [4.78, 5) is 9.00. The smallest absolute Gasteiger partial charge is 0.134 e. The maximum Gasteiger partial charge on any atom is 0.134 e. The van der Waals surface area contributed by atoms with Crippen molar-refractivity contribution in [3.63, 3.8) is 0 Å². The minimum atomic E-state index is 0.613. The van der Waals surface area contributed by atoms with Crippen molar-refractivity contribution in [3.05, 3.63) is 11.4 Å². The lowest BCUT2D eigenvalue weighted by molar-refractivity contribution is 0.772. The molecule has 4 heteroatoms. The van der Waals surface area contributed by atoms with E-state index >= 15 is 0 Å². The van der Waals surface area contributed by atoms with Gasteiger partial charge in [0.2, 0.25) is 0 Å². The summed E-state index contributed by atoms with van der Waals surface area (Å²) in [6.07, 6.45) is 3.63. The Morgan fingerprint density at radius 1 is 1.17 bits per heavy atom. The maximum absolute atomic E-state index is 4.53. The Hall–Kier alpha value is -1.32. The van der Waals surface area contributed by atoms with Crippen molar-refractivity contribution in [2.24, 2.45) is 5.92 Å². The third-order valence-electron chi connectivity index (χ3n) is 3.57. The predicted octanol–water partition coefficient (Wildman–Crippen LogP) is 3.13. The fourth-order valence-corrected chi connectivity index (χ4v) is 2.24. The van der Waals surface area contributed by atoms with E-state index < -0.39 is 0 Å². The van der Waals surface area contributed by atoms with E-state index in [1.54, 1.807) is 0 Å². The average Bonchev–Trinajstić information content (AvgIpc) is 3.10. The molecular formula is C14H24N4. The van der Waals surface area contributed by atoms with Gasteiger partial charge in [-0.15, -0.1) is 0 Å². The molecule has 4 nitrogen and oxygen atoms in total. The first-order chi connectivity index (χ1) is 8.65. The summed E-state index contributed by atoms with van der Waals surface area (Å²) in [5.74, 6) is 3.63. The van der Waals surface area contributed by atoms with Crippen molar-refractivity contribution >= 4 is 11.6 Å². The molecule has 18 heavy (non-hydrogen) atoms. The topological polar surface area (TPSA) is 49.8 Å². The van der Waals surface area contributed by atoms with Gasteiger partial charge in [0, 0.05) is 18.2 Å². The van der Waals surface area contributed by atoms with Gasteiger partial charge in [0.15, 0.2) is 0 Å². The van der Waals surface area contributed by atoms with Crippen molar-refractivity contribution in [1.29, 1.82) is 0 Å². The summed E-state index contributed by atoms with van der Waals surface area (Å²) in [7, 11) is 0. The van der Waals surface area contributed by atoms with Crippen molar-refractivity contribution in [1.82, 2.24) is 9.97 Å². The lowest BCUT2D eigenvalue weighted by Gasteiger charge is -2.13. The van der Waals surface area contributed by atoms with E-state index in [0.717, 1.165) is 41.9 Å². The summed E-state index contributed by atoms with van der Waals surface area (Å²) in [5.41, 5.74) is 1.14. The summed E-state index contributed by atoms with van der Waals surface area (Å²) in [5, 5.41) is 6.92. The van der Waals surface area contributed by atoms with Crippen LogP contribution in [0.25, 0.3) is 0 Å². The SMILES string of the molecule is CCCNc1nc(C)nc(NC2CC2CC)c1C. The van der Waals surface area contributed by atoms with Crippen LogP contribution in [-0.2, 0) is 0 Å². The van der Waals surface area contributed by atoms with Gasteiger partial charge in [-0.05, 0) is 32.6 Å². The van der Waals surface area contributed by atoms with Gasteiger partial charge in [-0.1, -0.05) is 20.3 Å². The van der Waals surface area contributed by atoms with E-state index in [4.69, 9.17) is 0 Å². The van der Waals surface area contributed by atoms with Crippen molar-refractivity contribution in [3.8, 4) is 0 Å². The molecule has 2 N–H and O–H groups in total. The summed E-state index contributed by atoms with van der Waals surface area (Å²) in [6.45, 7) is 9.40. The molecule has 1 aliphatic carbocycles. The fraction of sp³-hybridized carbons (Fsp3) is 0.714. The zero-order valence-electron chi connectivity index (χ0n) is 11.9. The standard InChI is InChI=1S/C14H24N4/c1-5-7-15-13-9(3)14(17-10(4)16-13)18-12-8-11(12)6-2/h11-12H,5-8H2,1-4H3,(H2,15,16,17,18). The Bertz CT molecular complexity index is 417. The maximum atomic E-state index is 4.53. The number of nitrogens with one attached hydrogen (secondary N) is 2. The quantitative estimate of drug-likeness (QED) is 0.812. The highest BCUT2D eigenvalue weighted by Crippen LogP contribution is 2.36. The van der Waals surface area contributed by atoms with Crippen LogP contribution in [-0.4, -0.2) is 22.6 Å². The van der Waals surface area contributed by atoms with Crippen LogP contribution >= 0.6 is 0 Å². The molecule has 1 saturated carbocycles. The summed E-state index contributed by atoms with van der Waals surface area (Å²) >= 11 is 0. The van der Waals surface area contributed by atoms with Gasteiger partial charge in [-0.25, -0.2) is 9.97 Å². The first-order valence-electron chi connectivity index (χ1n) is 7.01. The van der Waals surface area contributed by atoms with Gasteiger partial charge in [0.05, 0.1) is 0 Å². The van der Waals surface area contributed by atoms with E-state index in [2.05, 4.69) is 41.4 Å². The van der Waals surface area contributed by atoms with Crippen LogP contribution in [0.3, 0.4) is 0 Å². The fourth-order valence-electron chi connectivity index (χ4n) is 2.24. The van der Waals surface area contributed by atoms with Gasteiger partial charge in [0.25, 0.3) is 0 Å². The van der Waals surface area contributed by atoms with Gasteiger partial charge in [-0.3, -0.25) is 0 Å². The number of aromatic nitrogens is 2. The van der Waals surface area contributed by atoms with Crippen LogP contribution in [0, 0.1) is 19.8 Å². The molecule has 2 rings (SSSR count). The zero-order valence-corrected chi connectivity index (χ0v) is 11.9. The Balaban J connectivity index is 2.11. The second-order valence-corrected chi connectivity index (χ2v) is 5.17. The Morgan fingerprint density at radius 3 is 2.50 bits per heavy atom. The third kappa shape index (κ3) is 2.92. The van der Waals surface area contributed by atoms with Gasteiger partial charge >= 0.3 is 0 Å². The van der Waals surface area contributed by atoms with Crippen LogP contribution in [0.2, 0.25) is 0 Å². The molecule has 2 atom stereocenters. The molecular weight excluding hydrogens is 224 g/mol. The van der Waals surface area contributed by atoms with Crippen LogP contribution in [0.15, 0.2) is 0 Å². The molecule has 0 aromatic carbocycles. The molecule has 1 heterocycles. The molecule has 2 unspecified atom stereocenters. The average molecular weight is 248 g/mol. The minimum absolute atomic E-state index is 0.613. The van der Waals surface area contributed by atoms with E-state index in [1.165, 1.54) is 12.8 Å². The summed E-state index contributed by atoms with van der Waals surface area (Å²) in [6, 6.07) is 0.613. The van der Waals surface area contributed by atoms with Crippen LogP contribution < -0.4 is 10.6 Å². The van der Waals surface area contributed by atoms with Crippen molar-refractivity contribution < 1.29 is 0 Å². The van der Waals surface area contributed by atoms with Crippen LogP contribution in [0.5, 0.6) is 0 Å². The molecule has 0 spiro atoms. The van der Waals surface area contributed by atoms with Crippen molar-refractivity contribution in [2.45, 2.75) is 53.0 Å². The molecule has 0 aliphatic heterocycles. The highest BCUT2D eigenvalue weighted by Gasteiger charge is 2.35. The van der Waals surface area contributed by atoms with Gasteiger partial charge in [0.1, 0.15) is 17.5 Å².